The molecule has 0 aromatic heterocycles. The molecule has 3 heteroatoms. The van der Waals surface area contributed by atoms with Crippen molar-refractivity contribution < 1.29 is 9.84 Å². The van der Waals surface area contributed by atoms with E-state index in [0.717, 1.165) is 45.4 Å². The van der Waals surface area contributed by atoms with Crippen molar-refractivity contribution in [3.8, 4) is 0 Å². The van der Waals surface area contributed by atoms with E-state index in [1.165, 1.54) is 6.42 Å². The lowest BCUT2D eigenvalue weighted by Crippen LogP contribution is -2.49. The molecule has 0 radical (unpaired) electrons. The van der Waals surface area contributed by atoms with Crippen molar-refractivity contribution in [3.05, 3.63) is 0 Å². The number of hydrogen-bond acceptors (Lipinski definition) is 3. The summed E-state index contributed by atoms with van der Waals surface area (Å²) in [4.78, 5) is 0. The predicted octanol–water partition coefficient (Wildman–Crippen LogP) is 0.670. The SMILES string of the molecule is OC1(CNC2CCOCC2)CCC1. The van der Waals surface area contributed by atoms with E-state index in [9.17, 15) is 5.11 Å². The van der Waals surface area contributed by atoms with E-state index in [-0.39, 0.29) is 5.60 Å². The van der Waals surface area contributed by atoms with Gasteiger partial charge in [0, 0.05) is 25.8 Å². The van der Waals surface area contributed by atoms with Crippen molar-refractivity contribution in [2.24, 2.45) is 0 Å². The number of ether oxygens (including phenoxy) is 1. The normalized spacial score (nSPS) is 28.4. The highest BCUT2D eigenvalue weighted by Gasteiger charge is 2.34. The smallest absolute Gasteiger partial charge is 0.0771 e. The fraction of sp³-hybridized carbons (Fsp3) is 1.00. The minimum Gasteiger partial charge on any atom is -0.389 e. The zero-order valence-corrected chi connectivity index (χ0v) is 8.09. The Morgan fingerprint density at radius 1 is 1.31 bits per heavy atom. The van der Waals surface area contributed by atoms with Gasteiger partial charge in [0.25, 0.3) is 0 Å². The summed E-state index contributed by atoms with van der Waals surface area (Å²) >= 11 is 0. The third-order valence-corrected chi connectivity index (χ3v) is 3.23. The lowest BCUT2D eigenvalue weighted by molar-refractivity contribution is -0.0365. The van der Waals surface area contributed by atoms with Crippen LogP contribution < -0.4 is 5.32 Å². The van der Waals surface area contributed by atoms with Crippen LogP contribution >= 0.6 is 0 Å². The van der Waals surface area contributed by atoms with Crippen LogP contribution in [-0.2, 0) is 4.74 Å². The highest BCUT2D eigenvalue weighted by molar-refractivity contribution is 4.90. The summed E-state index contributed by atoms with van der Waals surface area (Å²) in [5, 5.41) is 13.3. The van der Waals surface area contributed by atoms with Gasteiger partial charge in [0.05, 0.1) is 5.60 Å². The fourth-order valence-corrected chi connectivity index (χ4v) is 2.00. The van der Waals surface area contributed by atoms with Crippen LogP contribution in [0.25, 0.3) is 0 Å². The van der Waals surface area contributed by atoms with Gasteiger partial charge in [0.1, 0.15) is 0 Å². The van der Waals surface area contributed by atoms with Gasteiger partial charge in [-0.15, -0.1) is 0 Å². The van der Waals surface area contributed by atoms with Crippen LogP contribution in [0.3, 0.4) is 0 Å². The molecule has 1 aliphatic heterocycles. The Bertz CT molecular complexity index is 162. The first kappa shape index (κ1) is 9.44. The number of rotatable bonds is 3. The highest BCUT2D eigenvalue weighted by Crippen LogP contribution is 2.30. The lowest BCUT2D eigenvalue weighted by Gasteiger charge is -2.38. The van der Waals surface area contributed by atoms with Crippen molar-refractivity contribution >= 4 is 0 Å². The van der Waals surface area contributed by atoms with Crippen molar-refractivity contribution in [2.45, 2.75) is 43.7 Å². The maximum Gasteiger partial charge on any atom is 0.0771 e. The second kappa shape index (κ2) is 3.95. The maximum absolute atomic E-state index is 9.85. The van der Waals surface area contributed by atoms with Gasteiger partial charge in [-0.2, -0.15) is 0 Å². The molecule has 0 unspecified atom stereocenters. The maximum atomic E-state index is 9.85. The molecule has 3 nitrogen and oxygen atoms in total. The van der Waals surface area contributed by atoms with Crippen molar-refractivity contribution in [1.82, 2.24) is 5.32 Å². The van der Waals surface area contributed by atoms with Gasteiger partial charge >= 0.3 is 0 Å². The van der Waals surface area contributed by atoms with E-state index in [4.69, 9.17) is 4.74 Å². The average molecular weight is 185 g/mol. The molecule has 76 valence electrons. The van der Waals surface area contributed by atoms with E-state index in [2.05, 4.69) is 5.32 Å². The molecule has 0 spiro atoms. The molecule has 1 saturated carbocycles. The molecule has 2 aliphatic rings. The third kappa shape index (κ3) is 2.42. The van der Waals surface area contributed by atoms with Gasteiger partial charge in [0.2, 0.25) is 0 Å². The Morgan fingerprint density at radius 2 is 2.00 bits per heavy atom. The first-order valence-electron chi connectivity index (χ1n) is 5.32. The summed E-state index contributed by atoms with van der Waals surface area (Å²) in [6.45, 7) is 2.52. The second-order valence-corrected chi connectivity index (χ2v) is 4.35. The van der Waals surface area contributed by atoms with Crippen LogP contribution in [0.1, 0.15) is 32.1 Å². The molecule has 0 aromatic rings. The molecule has 0 bridgehead atoms. The van der Waals surface area contributed by atoms with E-state index in [1.54, 1.807) is 0 Å². The summed E-state index contributed by atoms with van der Waals surface area (Å²) in [5.74, 6) is 0. The molecular weight excluding hydrogens is 166 g/mol. The van der Waals surface area contributed by atoms with E-state index < -0.39 is 0 Å². The van der Waals surface area contributed by atoms with Crippen LogP contribution in [0.5, 0.6) is 0 Å². The molecule has 0 amide bonds. The molecular formula is C10H19NO2. The van der Waals surface area contributed by atoms with Crippen LogP contribution in [-0.4, -0.2) is 36.5 Å². The number of nitrogens with one attached hydrogen (secondary N) is 1. The summed E-state index contributed by atoms with van der Waals surface area (Å²) < 4.78 is 5.27. The molecule has 0 aromatic carbocycles. The Labute approximate surface area is 79.5 Å². The number of hydrogen-bond donors (Lipinski definition) is 2. The Hall–Kier alpha value is -0.120. The first-order valence-corrected chi connectivity index (χ1v) is 5.32. The molecule has 1 heterocycles. The molecule has 2 rings (SSSR count). The van der Waals surface area contributed by atoms with Crippen LogP contribution in [0, 0.1) is 0 Å². The highest BCUT2D eigenvalue weighted by atomic mass is 16.5. The van der Waals surface area contributed by atoms with Crippen molar-refractivity contribution in [3.63, 3.8) is 0 Å². The molecule has 1 aliphatic carbocycles. The zero-order valence-electron chi connectivity index (χ0n) is 8.09. The Kier molecular flexibility index (Phi) is 2.86. The van der Waals surface area contributed by atoms with Gasteiger partial charge in [-0.1, -0.05) is 0 Å². The van der Waals surface area contributed by atoms with Gasteiger partial charge in [-0.25, -0.2) is 0 Å². The zero-order chi connectivity index (χ0) is 9.15. The lowest BCUT2D eigenvalue weighted by atomic mass is 9.80. The predicted molar refractivity (Wildman–Crippen MR) is 50.6 cm³/mol. The summed E-state index contributed by atoms with van der Waals surface area (Å²) in [5.41, 5.74) is -0.377. The van der Waals surface area contributed by atoms with Crippen LogP contribution in [0.2, 0.25) is 0 Å². The fourth-order valence-electron chi connectivity index (χ4n) is 2.00. The summed E-state index contributed by atoms with van der Waals surface area (Å²) in [6, 6.07) is 0.568. The van der Waals surface area contributed by atoms with Gasteiger partial charge in [-0.05, 0) is 32.1 Å². The van der Waals surface area contributed by atoms with Crippen molar-refractivity contribution in [2.75, 3.05) is 19.8 Å². The third-order valence-electron chi connectivity index (χ3n) is 3.23. The van der Waals surface area contributed by atoms with E-state index in [0.29, 0.717) is 6.04 Å². The Morgan fingerprint density at radius 3 is 2.54 bits per heavy atom. The summed E-state index contributed by atoms with van der Waals surface area (Å²) in [6.07, 6.45) is 5.32. The molecule has 2 N–H and O–H groups in total. The number of aliphatic hydroxyl groups is 1. The standard InChI is InChI=1S/C10H19NO2/c12-10(4-1-5-10)8-11-9-2-6-13-7-3-9/h9,11-12H,1-8H2. The average Bonchev–Trinajstić information content (AvgIpc) is 2.13. The van der Waals surface area contributed by atoms with E-state index in [1.807, 2.05) is 0 Å². The molecule has 0 atom stereocenters. The Balaban J connectivity index is 1.66. The molecule has 2 fully saturated rings. The quantitative estimate of drug-likeness (QED) is 0.679. The van der Waals surface area contributed by atoms with Gasteiger partial charge in [0.15, 0.2) is 0 Å². The van der Waals surface area contributed by atoms with Gasteiger partial charge < -0.3 is 15.2 Å². The van der Waals surface area contributed by atoms with Crippen molar-refractivity contribution in [1.29, 1.82) is 0 Å². The van der Waals surface area contributed by atoms with Crippen LogP contribution in [0.4, 0.5) is 0 Å². The minimum absolute atomic E-state index is 0.377. The second-order valence-electron chi connectivity index (χ2n) is 4.35. The van der Waals surface area contributed by atoms with Crippen LogP contribution in [0.15, 0.2) is 0 Å². The summed E-state index contributed by atoms with van der Waals surface area (Å²) in [7, 11) is 0. The van der Waals surface area contributed by atoms with Gasteiger partial charge in [-0.3, -0.25) is 0 Å². The molecule has 13 heavy (non-hydrogen) atoms. The van der Waals surface area contributed by atoms with E-state index >= 15 is 0 Å². The largest absolute Gasteiger partial charge is 0.389 e. The monoisotopic (exact) mass is 185 g/mol. The topological polar surface area (TPSA) is 41.5 Å². The first-order chi connectivity index (χ1) is 6.29. The minimum atomic E-state index is -0.377. The molecule has 1 saturated heterocycles.